The Morgan fingerprint density at radius 1 is 1.03 bits per heavy atom. The lowest BCUT2D eigenvalue weighted by Gasteiger charge is -2.36. The van der Waals surface area contributed by atoms with Gasteiger partial charge in [-0.1, -0.05) is 12.1 Å². The number of nitro groups is 1. The number of fused-ring (bicyclic) bond motifs is 1. The molecule has 150 valence electrons. The molecule has 0 unspecified atom stereocenters. The Labute approximate surface area is 169 Å². The average molecular weight is 392 g/mol. The molecular weight excluding hydrogens is 368 g/mol. The van der Waals surface area contributed by atoms with Gasteiger partial charge in [-0.25, -0.2) is 0 Å². The Bertz CT molecular complexity index is 999. The number of nitro benzene ring substituents is 1. The van der Waals surface area contributed by atoms with Gasteiger partial charge < -0.3 is 9.64 Å². The second-order valence-corrected chi connectivity index (χ2v) is 7.12. The fraction of sp³-hybridized carbons (Fsp3) is 0.318. The van der Waals surface area contributed by atoms with Crippen molar-refractivity contribution < 1.29 is 9.66 Å². The maximum atomic E-state index is 11.3. The molecule has 1 fully saturated rings. The van der Waals surface area contributed by atoms with Crippen LogP contribution in [-0.4, -0.2) is 47.6 Å². The first-order valence-electron chi connectivity index (χ1n) is 9.86. The molecule has 4 rings (SSSR count). The molecule has 0 aliphatic carbocycles. The summed E-state index contributed by atoms with van der Waals surface area (Å²) >= 11 is 0. The SMILES string of the molecule is CCOc1ccc(CN2CCN(c3ccc([N+](=O)[O-])c4cnccc34)CC2)cc1. The van der Waals surface area contributed by atoms with Gasteiger partial charge in [-0.05, 0) is 36.8 Å². The highest BCUT2D eigenvalue weighted by Gasteiger charge is 2.21. The van der Waals surface area contributed by atoms with E-state index >= 15 is 0 Å². The van der Waals surface area contributed by atoms with Crippen molar-refractivity contribution in [3.05, 3.63) is 70.5 Å². The van der Waals surface area contributed by atoms with Gasteiger partial charge in [0.1, 0.15) is 5.75 Å². The first kappa shape index (κ1) is 19.1. The van der Waals surface area contributed by atoms with Gasteiger partial charge in [-0.3, -0.25) is 20.0 Å². The summed E-state index contributed by atoms with van der Waals surface area (Å²) in [5.41, 5.74) is 2.41. The van der Waals surface area contributed by atoms with Crippen LogP contribution in [0.4, 0.5) is 11.4 Å². The van der Waals surface area contributed by atoms with E-state index in [0.717, 1.165) is 49.5 Å². The minimum absolute atomic E-state index is 0.103. The van der Waals surface area contributed by atoms with E-state index in [1.165, 1.54) is 5.56 Å². The minimum atomic E-state index is -0.345. The highest BCUT2D eigenvalue weighted by atomic mass is 16.6. The third-order valence-corrected chi connectivity index (χ3v) is 5.32. The summed E-state index contributed by atoms with van der Waals surface area (Å²) in [6, 6.07) is 13.6. The highest BCUT2D eigenvalue weighted by Crippen LogP contribution is 2.33. The number of aromatic nitrogens is 1. The van der Waals surface area contributed by atoms with Crippen LogP contribution in [0.5, 0.6) is 5.75 Å². The van der Waals surface area contributed by atoms with Crippen LogP contribution in [0.3, 0.4) is 0 Å². The van der Waals surface area contributed by atoms with E-state index in [9.17, 15) is 10.1 Å². The molecule has 1 aliphatic heterocycles. The number of hydrogen-bond donors (Lipinski definition) is 0. The fourth-order valence-electron chi connectivity index (χ4n) is 3.86. The number of rotatable bonds is 6. The zero-order valence-electron chi connectivity index (χ0n) is 16.5. The van der Waals surface area contributed by atoms with Crippen molar-refractivity contribution in [3.63, 3.8) is 0 Å². The molecule has 7 nitrogen and oxygen atoms in total. The summed E-state index contributed by atoms with van der Waals surface area (Å²) in [6.45, 7) is 7.21. The van der Waals surface area contributed by atoms with Crippen molar-refractivity contribution in [3.8, 4) is 5.75 Å². The zero-order chi connectivity index (χ0) is 20.2. The summed E-state index contributed by atoms with van der Waals surface area (Å²) in [7, 11) is 0. The number of non-ortho nitro benzene ring substituents is 1. The normalized spacial score (nSPS) is 14.9. The van der Waals surface area contributed by atoms with E-state index in [4.69, 9.17) is 4.74 Å². The van der Waals surface area contributed by atoms with E-state index in [0.29, 0.717) is 12.0 Å². The van der Waals surface area contributed by atoms with Gasteiger partial charge in [-0.15, -0.1) is 0 Å². The summed E-state index contributed by atoms with van der Waals surface area (Å²) in [4.78, 5) is 19.8. The van der Waals surface area contributed by atoms with Gasteiger partial charge in [0.2, 0.25) is 0 Å². The summed E-state index contributed by atoms with van der Waals surface area (Å²) in [5, 5.41) is 12.8. The molecule has 3 aromatic rings. The molecule has 0 bridgehead atoms. The number of benzene rings is 2. The molecule has 0 N–H and O–H groups in total. The van der Waals surface area contributed by atoms with Gasteiger partial charge >= 0.3 is 0 Å². The van der Waals surface area contributed by atoms with Crippen LogP contribution in [-0.2, 0) is 6.54 Å². The van der Waals surface area contributed by atoms with Crippen molar-refractivity contribution in [2.75, 3.05) is 37.7 Å². The third-order valence-electron chi connectivity index (χ3n) is 5.32. The third kappa shape index (κ3) is 4.14. The maximum absolute atomic E-state index is 11.3. The lowest BCUT2D eigenvalue weighted by molar-refractivity contribution is -0.383. The predicted octanol–water partition coefficient (Wildman–Crippen LogP) is 3.86. The molecule has 0 amide bonds. The van der Waals surface area contributed by atoms with Gasteiger partial charge in [0.05, 0.1) is 16.9 Å². The standard InChI is InChI=1S/C22H24N4O3/c1-2-29-18-5-3-17(4-6-18)16-24-11-13-25(14-12-24)21-7-8-22(26(27)28)20-15-23-10-9-19(20)21/h3-10,15H,2,11-14,16H2,1H3. The fourth-order valence-corrected chi connectivity index (χ4v) is 3.86. The summed E-state index contributed by atoms with van der Waals surface area (Å²) in [5.74, 6) is 0.903. The van der Waals surface area contributed by atoms with Crippen LogP contribution in [0.25, 0.3) is 10.8 Å². The monoisotopic (exact) mass is 392 g/mol. The Hall–Kier alpha value is -3.19. The maximum Gasteiger partial charge on any atom is 0.278 e. The number of ether oxygens (including phenoxy) is 1. The molecule has 0 radical (unpaired) electrons. The number of piperazine rings is 1. The summed E-state index contributed by atoms with van der Waals surface area (Å²) in [6.07, 6.45) is 3.27. The Morgan fingerprint density at radius 2 is 1.79 bits per heavy atom. The van der Waals surface area contributed by atoms with Gasteiger partial charge in [-0.2, -0.15) is 0 Å². The molecule has 0 atom stereocenters. The second-order valence-electron chi connectivity index (χ2n) is 7.12. The largest absolute Gasteiger partial charge is 0.494 e. The van der Waals surface area contributed by atoms with E-state index in [2.05, 4.69) is 26.9 Å². The molecule has 2 heterocycles. The van der Waals surface area contributed by atoms with Crippen LogP contribution in [0.15, 0.2) is 54.9 Å². The Kier molecular flexibility index (Phi) is 5.57. The minimum Gasteiger partial charge on any atom is -0.494 e. The second kappa shape index (κ2) is 8.45. The number of pyridine rings is 1. The lowest BCUT2D eigenvalue weighted by atomic mass is 10.1. The van der Waals surface area contributed by atoms with Crippen molar-refractivity contribution in [1.82, 2.24) is 9.88 Å². The number of nitrogens with zero attached hydrogens (tertiary/aromatic N) is 4. The van der Waals surface area contributed by atoms with Crippen molar-refractivity contribution in [2.45, 2.75) is 13.5 Å². The molecule has 7 heteroatoms. The lowest BCUT2D eigenvalue weighted by Crippen LogP contribution is -2.46. The average Bonchev–Trinajstić information content (AvgIpc) is 2.75. The van der Waals surface area contributed by atoms with Crippen LogP contribution in [0.2, 0.25) is 0 Å². The Morgan fingerprint density at radius 3 is 2.48 bits per heavy atom. The highest BCUT2D eigenvalue weighted by molar-refractivity contribution is 5.99. The van der Waals surface area contributed by atoms with Gasteiger partial charge in [0.25, 0.3) is 5.69 Å². The van der Waals surface area contributed by atoms with Crippen molar-refractivity contribution in [1.29, 1.82) is 0 Å². The van der Waals surface area contributed by atoms with Crippen molar-refractivity contribution >= 4 is 22.1 Å². The van der Waals surface area contributed by atoms with E-state index in [-0.39, 0.29) is 10.6 Å². The van der Waals surface area contributed by atoms with E-state index in [1.807, 2.05) is 31.2 Å². The molecule has 2 aromatic carbocycles. The van der Waals surface area contributed by atoms with Gasteiger partial charge in [0, 0.05) is 62.3 Å². The van der Waals surface area contributed by atoms with Crippen LogP contribution in [0, 0.1) is 10.1 Å². The van der Waals surface area contributed by atoms with Crippen molar-refractivity contribution in [2.24, 2.45) is 0 Å². The first-order valence-corrected chi connectivity index (χ1v) is 9.86. The molecule has 1 aliphatic rings. The zero-order valence-corrected chi connectivity index (χ0v) is 16.5. The summed E-state index contributed by atoms with van der Waals surface area (Å²) < 4.78 is 5.51. The topological polar surface area (TPSA) is 71.7 Å². The van der Waals surface area contributed by atoms with Crippen LogP contribution < -0.4 is 9.64 Å². The van der Waals surface area contributed by atoms with Gasteiger partial charge in [0.15, 0.2) is 0 Å². The predicted molar refractivity (Wildman–Crippen MR) is 113 cm³/mol. The number of anilines is 1. The Balaban J connectivity index is 1.45. The smallest absolute Gasteiger partial charge is 0.278 e. The number of hydrogen-bond acceptors (Lipinski definition) is 6. The molecule has 1 aromatic heterocycles. The first-order chi connectivity index (χ1) is 14.2. The molecule has 29 heavy (non-hydrogen) atoms. The van der Waals surface area contributed by atoms with Crippen LogP contribution in [0.1, 0.15) is 12.5 Å². The van der Waals surface area contributed by atoms with E-state index < -0.39 is 0 Å². The molecule has 0 saturated carbocycles. The molecule has 1 saturated heterocycles. The van der Waals surface area contributed by atoms with Crippen LogP contribution >= 0.6 is 0 Å². The molecular formula is C22H24N4O3. The quantitative estimate of drug-likeness (QED) is 0.469. The molecule has 0 spiro atoms. The van der Waals surface area contributed by atoms with E-state index in [1.54, 1.807) is 18.5 Å².